The first kappa shape index (κ1) is 17.9. The van der Waals surface area contributed by atoms with E-state index in [1.54, 1.807) is 6.20 Å². The summed E-state index contributed by atoms with van der Waals surface area (Å²) in [6.07, 6.45) is 5.52. The summed E-state index contributed by atoms with van der Waals surface area (Å²) >= 11 is 6.34. The van der Waals surface area contributed by atoms with Gasteiger partial charge in [-0.25, -0.2) is 9.97 Å². The predicted octanol–water partition coefficient (Wildman–Crippen LogP) is 2.14. The van der Waals surface area contributed by atoms with Crippen LogP contribution in [0.1, 0.15) is 30.5 Å². The Morgan fingerprint density at radius 3 is 2.64 bits per heavy atom. The summed E-state index contributed by atoms with van der Waals surface area (Å²) in [6, 6.07) is 3.74. The quantitative estimate of drug-likeness (QED) is 0.831. The van der Waals surface area contributed by atoms with E-state index >= 15 is 0 Å². The summed E-state index contributed by atoms with van der Waals surface area (Å²) in [5.74, 6) is 1.55. The zero-order valence-electron chi connectivity index (χ0n) is 15.8. The van der Waals surface area contributed by atoms with E-state index in [0.717, 1.165) is 68.9 Å². The largest absolute Gasteiger partial charge is 0.378 e. The van der Waals surface area contributed by atoms with Gasteiger partial charge in [0.2, 0.25) is 5.95 Å². The van der Waals surface area contributed by atoms with Crippen LogP contribution in [-0.2, 0) is 16.6 Å². The molecule has 0 saturated carbocycles. The Labute approximate surface area is 168 Å². The molecule has 3 aliphatic rings. The predicted molar refractivity (Wildman–Crippen MR) is 109 cm³/mol. The number of fused-ring (bicyclic) bond motifs is 2. The standard InChI is InChI=1S/C20H24ClN5O2/c21-15-2-1-7-22-17(15)25-8-5-20(6-9-25)4-3-14-16(20)23-19(24-18(14)27)26-10-12-28-13-11-26/h1-2,7H,3-6,8-13H2,(H,23,24,27). The highest BCUT2D eigenvalue weighted by molar-refractivity contribution is 6.32. The Bertz CT molecular complexity index is 932. The van der Waals surface area contributed by atoms with Crippen LogP contribution in [0.2, 0.25) is 5.02 Å². The lowest BCUT2D eigenvalue weighted by molar-refractivity contribution is 0.122. The van der Waals surface area contributed by atoms with Crippen molar-refractivity contribution in [3.63, 3.8) is 0 Å². The van der Waals surface area contributed by atoms with Gasteiger partial charge >= 0.3 is 0 Å². The van der Waals surface area contributed by atoms with Crippen molar-refractivity contribution in [3.05, 3.63) is 45.0 Å². The zero-order chi connectivity index (χ0) is 19.1. The van der Waals surface area contributed by atoms with Crippen molar-refractivity contribution in [2.24, 2.45) is 0 Å². The summed E-state index contributed by atoms with van der Waals surface area (Å²) in [4.78, 5) is 29.6. The first-order valence-electron chi connectivity index (χ1n) is 9.98. The minimum absolute atomic E-state index is 0.0115. The van der Waals surface area contributed by atoms with E-state index in [-0.39, 0.29) is 11.0 Å². The van der Waals surface area contributed by atoms with Gasteiger partial charge in [0.15, 0.2) is 0 Å². The van der Waals surface area contributed by atoms with Crippen molar-refractivity contribution in [2.45, 2.75) is 31.1 Å². The van der Waals surface area contributed by atoms with Gasteiger partial charge < -0.3 is 14.5 Å². The van der Waals surface area contributed by atoms with E-state index in [1.165, 1.54) is 0 Å². The van der Waals surface area contributed by atoms with Crippen molar-refractivity contribution in [3.8, 4) is 0 Å². The second-order valence-corrected chi connectivity index (χ2v) is 8.30. The number of aromatic amines is 1. The molecule has 0 bridgehead atoms. The number of aromatic nitrogens is 3. The summed E-state index contributed by atoms with van der Waals surface area (Å²) in [6.45, 7) is 4.62. The maximum Gasteiger partial charge on any atom is 0.255 e. The van der Waals surface area contributed by atoms with E-state index < -0.39 is 0 Å². The molecule has 8 heteroatoms. The number of ether oxygens (including phenoxy) is 1. The van der Waals surface area contributed by atoms with Crippen molar-refractivity contribution < 1.29 is 4.74 Å². The normalized spacial score (nSPS) is 21.2. The summed E-state index contributed by atoms with van der Waals surface area (Å²) in [5, 5.41) is 0.689. The molecule has 2 aliphatic heterocycles. The molecule has 7 nitrogen and oxygen atoms in total. The number of morpholine rings is 1. The molecule has 2 fully saturated rings. The number of nitrogens with zero attached hydrogens (tertiary/aromatic N) is 4. The highest BCUT2D eigenvalue weighted by Crippen LogP contribution is 2.45. The van der Waals surface area contributed by atoms with Gasteiger partial charge in [-0.2, -0.15) is 0 Å². The summed E-state index contributed by atoms with van der Waals surface area (Å²) in [5.41, 5.74) is 1.91. The second kappa shape index (κ2) is 7.04. The van der Waals surface area contributed by atoms with Crippen molar-refractivity contribution in [2.75, 3.05) is 49.2 Å². The fraction of sp³-hybridized carbons (Fsp3) is 0.550. The molecule has 0 aromatic carbocycles. The van der Waals surface area contributed by atoms with Gasteiger partial charge in [0.05, 0.1) is 23.9 Å². The Morgan fingerprint density at radius 1 is 1.11 bits per heavy atom. The average molecular weight is 402 g/mol. The maximum absolute atomic E-state index is 12.7. The monoisotopic (exact) mass is 401 g/mol. The molecule has 0 unspecified atom stereocenters. The average Bonchev–Trinajstić information content (AvgIpc) is 3.08. The topological polar surface area (TPSA) is 74.3 Å². The van der Waals surface area contributed by atoms with Crippen molar-refractivity contribution in [1.29, 1.82) is 0 Å². The molecule has 2 saturated heterocycles. The van der Waals surface area contributed by atoms with E-state index in [2.05, 4.69) is 19.8 Å². The lowest BCUT2D eigenvalue weighted by atomic mass is 9.76. The SMILES string of the molecule is O=c1[nH]c(N2CCOCC2)nc2c1CCC21CCN(c2ncccc2Cl)CC1. The second-order valence-electron chi connectivity index (χ2n) is 7.89. The van der Waals surface area contributed by atoms with Gasteiger partial charge in [-0.15, -0.1) is 0 Å². The van der Waals surface area contributed by atoms with Gasteiger partial charge in [0, 0.05) is 43.4 Å². The fourth-order valence-corrected chi connectivity index (χ4v) is 5.05. The smallest absolute Gasteiger partial charge is 0.255 e. The Hall–Kier alpha value is -2.12. The van der Waals surface area contributed by atoms with Crippen LogP contribution in [0, 0.1) is 0 Å². The molecule has 0 radical (unpaired) electrons. The third-order valence-corrected chi connectivity index (χ3v) is 6.72. The van der Waals surface area contributed by atoms with Crippen LogP contribution in [-0.4, -0.2) is 54.3 Å². The highest BCUT2D eigenvalue weighted by Gasteiger charge is 2.44. The molecule has 0 amide bonds. The molecule has 1 N–H and O–H groups in total. The van der Waals surface area contributed by atoms with Crippen LogP contribution < -0.4 is 15.4 Å². The number of halogens is 1. The number of hydrogen-bond donors (Lipinski definition) is 1. The van der Waals surface area contributed by atoms with Crippen LogP contribution in [0.4, 0.5) is 11.8 Å². The molecule has 0 atom stereocenters. The van der Waals surface area contributed by atoms with Crippen LogP contribution in [0.25, 0.3) is 0 Å². The zero-order valence-corrected chi connectivity index (χ0v) is 16.5. The molecular weight excluding hydrogens is 378 g/mol. The molecule has 2 aromatic heterocycles. The Kier molecular flexibility index (Phi) is 4.51. The third-order valence-electron chi connectivity index (χ3n) is 6.43. The number of piperidine rings is 1. The number of rotatable bonds is 2. The molecule has 2 aromatic rings. The first-order chi connectivity index (χ1) is 13.7. The lowest BCUT2D eigenvalue weighted by Crippen LogP contribution is -2.43. The molecule has 148 valence electrons. The molecule has 5 rings (SSSR count). The Morgan fingerprint density at radius 2 is 1.89 bits per heavy atom. The molecule has 1 aliphatic carbocycles. The number of nitrogens with one attached hydrogen (secondary N) is 1. The number of hydrogen-bond acceptors (Lipinski definition) is 6. The first-order valence-corrected chi connectivity index (χ1v) is 10.4. The van der Waals surface area contributed by atoms with Gasteiger partial charge in [-0.05, 0) is 37.8 Å². The van der Waals surface area contributed by atoms with E-state index in [9.17, 15) is 4.79 Å². The summed E-state index contributed by atoms with van der Waals surface area (Å²) in [7, 11) is 0. The molecular formula is C20H24ClN5O2. The van der Waals surface area contributed by atoms with Gasteiger partial charge in [0.1, 0.15) is 5.82 Å². The maximum atomic E-state index is 12.7. The molecule has 4 heterocycles. The van der Waals surface area contributed by atoms with Crippen LogP contribution in [0.5, 0.6) is 0 Å². The van der Waals surface area contributed by atoms with Gasteiger partial charge in [0.25, 0.3) is 5.56 Å². The van der Waals surface area contributed by atoms with Crippen LogP contribution in [0.15, 0.2) is 23.1 Å². The lowest BCUT2D eigenvalue weighted by Gasteiger charge is -2.40. The van der Waals surface area contributed by atoms with E-state index in [0.29, 0.717) is 24.2 Å². The summed E-state index contributed by atoms with van der Waals surface area (Å²) < 4.78 is 5.43. The van der Waals surface area contributed by atoms with Crippen LogP contribution >= 0.6 is 11.6 Å². The number of H-pyrrole nitrogens is 1. The molecule has 28 heavy (non-hydrogen) atoms. The van der Waals surface area contributed by atoms with Gasteiger partial charge in [-0.3, -0.25) is 9.78 Å². The van der Waals surface area contributed by atoms with E-state index in [1.807, 2.05) is 12.1 Å². The minimum atomic E-state index is -0.0115. The molecule has 1 spiro atoms. The highest BCUT2D eigenvalue weighted by atomic mass is 35.5. The number of anilines is 2. The van der Waals surface area contributed by atoms with E-state index in [4.69, 9.17) is 21.3 Å². The minimum Gasteiger partial charge on any atom is -0.378 e. The van der Waals surface area contributed by atoms with Crippen molar-refractivity contribution >= 4 is 23.4 Å². The van der Waals surface area contributed by atoms with Crippen molar-refractivity contribution in [1.82, 2.24) is 15.0 Å². The Balaban J connectivity index is 1.42. The number of pyridine rings is 1. The van der Waals surface area contributed by atoms with Gasteiger partial charge in [-0.1, -0.05) is 11.6 Å². The fourth-order valence-electron chi connectivity index (χ4n) is 4.81. The van der Waals surface area contributed by atoms with Crippen LogP contribution in [0.3, 0.4) is 0 Å². The third kappa shape index (κ3) is 2.97.